The zero-order valence-corrected chi connectivity index (χ0v) is 87.4. The Morgan fingerprint density at radius 3 is 1.06 bits per heavy atom. The van der Waals surface area contributed by atoms with Gasteiger partial charge >= 0.3 is 17.9 Å². The molecule has 0 saturated heterocycles. The number of hydrogen-bond donors (Lipinski definition) is 7. The molecule has 0 spiro atoms. The number of carbonyl (C=O) groups excluding carboxylic acids is 7. The van der Waals surface area contributed by atoms with Crippen molar-refractivity contribution in [3.05, 3.63) is 273 Å². The molecule has 0 aromatic heterocycles. The topological polar surface area (TPSA) is 430 Å². The number of hydrogen-bond acceptors (Lipinski definition) is 31. The lowest BCUT2D eigenvalue weighted by Gasteiger charge is -2.19. The van der Waals surface area contributed by atoms with Crippen LogP contribution in [0.5, 0.6) is 86.2 Å². The van der Waals surface area contributed by atoms with Crippen LogP contribution in [0.4, 0.5) is 22.0 Å². The molecular formula is C109H134BrF5N2O29. The van der Waals surface area contributed by atoms with E-state index < -0.39 is 64.4 Å². The number of aromatic hydroxyl groups is 3. The van der Waals surface area contributed by atoms with E-state index in [1.54, 1.807) is 139 Å². The Balaban J connectivity index is 0.000000444. The number of nitrogens with two attached hydrogens (primary N) is 2. The third-order valence-corrected chi connectivity index (χ3v) is 19.7. The molecule has 2 atom stereocenters. The van der Waals surface area contributed by atoms with Gasteiger partial charge in [-0.3, -0.25) is 24.0 Å². The van der Waals surface area contributed by atoms with Crippen LogP contribution in [0, 0.1) is 29.1 Å². The summed E-state index contributed by atoms with van der Waals surface area (Å²) in [7, 11) is 14.4. The highest BCUT2D eigenvalue weighted by Crippen LogP contribution is 2.37. The first kappa shape index (κ1) is 126. The average Bonchev–Trinajstić information content (AvgIpc) is 0.825. The molecular weight excluding hydrogens is 1980 g/mol. The molecule has 9 N–H and O–H groups in total. The van der Waals surface area contributed by atoms with Gasteiger partial charge in [0.25, 0.3) is 0 Å². The molecule has 0 fully saturated rings. The number of aldehydes is 1. The lowest BCUT2D eigenvalue weighted by Crippen LogP contribution is -2.27. The molecule has 0 radical (unpaired) electrons. The minimum absolute atomic E-state index is 0.00320. The molecule has 0 aliphatic carbocycles. The number of carbonyl (C=O) groups is 7. The van der Waals surface area contributed by atoms with Crippen molar-refractivity contribution >= 4 is 63.5 Å². The first-order valence-electron chi connectivity index (χ1n) is 45.4. The molecule has 146 heavy (non-hydrogen) atoms. The smallest absolute Gasteiger partial charge is 0.344 e. The van der Waals surface area contributed by atoms with Gasteiger partial charge in [-0.25, -0.2) is 31.5 Å². The Hall–Kier alpha value is -14.1. The van der Waals surface area contributed by atoms with Gasteiger partial charge < -0.3 is 118 Å². The van der Waals surface area contributed by atoms with Crippen LogP contribution in [-0.2, 0) is 57.3 Å². The summed E-state index contributed by atoms with van der Waals surface area (Å²) in [6.07, 6.45) is 2.97. The second kappa shape index (κ2) is 66.0. The summed E-state index contributed by atoms with van der Waals surface area (Å²) in [5.74, 6) is 0.334. The summed E-state index contributed by atoms with van der Waals surface area (Å²) in [4.78, 5) is 79.7. The number of methoxy groups -OCH3 is 10. The van der Waals surface area contributed by atoms with Gasteiger partial charge in [0.15, 0.2) is 94.3 Å². The van der Waals surface area contributed by atoms with E-state index in [1.807, 2.05) is 20.8 Å². The molecule has 37 heteroatoms. The van der Waals surface area contributed by atoms with Crippen molar-refractivity contribution < 1.29 is 162 Å². The monoisotopic (exact) mass is 2110 g/mol. The normalized spacial score (nSPS) is 11.1. The summed E-state index contributed by atoms with van der Waals surface area (Å²) < 4.78 is 156. The summed E-state index contributed by atoms with van der Waals surface area (Å²) in [6.45, 7) is 20.7. The maximum absolute atomic E-state index is 14.3. The lowest BCUT2D eigenvalue weighted by molar-refractivity contribution is -0.158. The first-order valence-corrected chi connectivity index (χ1v) is 46.5. The van der Waals surface area contributed by atoms with E-state index in [1.165, 1.54) is 169 Å². The third-order valence-electron chi connectivity index (χ3n) is 19.2. The standard InChI is InChI=1S/C23H29FO6.C23H27FO6.C17H19FO4.C17H15FO4.C9H9FO3.C8H8O2.C6H11BrO2.C6H16N2O2/c2*1-23(2,3)30-22(26)14-29-17-8-6-7-16(11-17)19(25)10-9-15-12-20(27-4)21(28-5)13-18(15)24;2*1-21-16-9-11(14(18)10-17(16)22-2)6-7-15(20)12-4-3-5-13(19)8-12;1-12-8-3-6(5-11)7(10)4-9(8)13-2;1-6(9)7-3-2-4-8(10)5-7;1-6(2,3)9-5(8)4-7;7-1-3-9-5-6-10-4-2-8/h6-8,11-13,19,25H,9-10,14H2,1-5H3;6-8,11-13H,9-10,14H2,1-5H3;3-5,8-10,15,19-20H,6-7H2,1-2H3;3-10,19H,1-2H3;3-5H,1-2H3;2-5,10H,1H3;4H2,1-3H3;1-8H2/b;;;7-6+;;;;. The van der Waals surface area contributed by atoms with Crippen molar-refractivity contribution in [1.29, 1.82) is 0 Å². The van der Waals surface area contributed by atoms with E-state index >= 15 is 0 Å². The Morgan fingerprint density at radius 1 is 0.377 bits per heavy atom. The Labute approximate surface area is 857 Å². The van der Waals surface area contributed by atoms with Crippen molar-refractivity contribution in [1.82, 2.24) is 0 Å². The molecule has 0 aliphatic rings. The molecule has 10 aromatic rings. The van der Waals surface area contributed by atoms with E-state index in [2.05, 4.69) is 15.9 Å². The van der Waals surface area contributed by atoms with Crippen LogP contribution in [0.3, 0.4) is 0 Å². The van der Waals surface area contributed by atoms with Crippen molar-refractivity contribution in [2.24, 2.45) is 11.5 Å². The first-order chi connectivity index (χ1) is 69.1. The number of phenolic OH excluding ortho intramolecular Hbond substituents is 3. The summed E-state index contributed by atoms with van der Waals surface area (Å²) in [5.41, 5.74) is 12.7. The van der Waals surface area contributed by atoms with E-state index in [0.29, 0.717) is 173 Å². The van der Waals surface area contributed by atoms with Gasteiger partial charge in [0.1, 0.15) is 80.0 Å². The number of halogens is 6. The molecule has 10 rings (SSSR count). The number of Topliss-reactive ketones (excluding diaryl/α,β-unsaturated/α-hetero) is 2. The van der Waals surface area contributed by atoms with Crippen LogP contribution < -0.4 is 68.3 Å². The van der Waals surface area contributed by atoms with Crippen LogP contribution in [0.2, 0.25) is 0 Å². The van der Waals surface area contributed by atoms with Gasteiger partial charge in [-0.1, -0.05) is 76.6 Å². The fourth-order valence-corrected chi connectivity index (χ4v) is 12.5. The maximum Gasteiger partial charge on any atom is 0.344 e. The fourth-order valence-electron chi connectivity index (χ4n) is 12.4. The van der Waals surface area contributed by atoms with Crippen molar-refractivity contribution in [2.75, 3.05) is 129 Å². The zero-order chi connectivity index (χ0) is 109. The molecule has 0 aliphatic heterocycles. The Bertz CT molecular complexity index is 5780. The Kier molecular flexibility index (Phi) is 57.0. The van der Waals surface area contributed by atoms with Crippen molar-refractivity contribution in [3.8, 4) is 86.2 Å². The van der Waals surface area contributed by atoms with Gasteiger partial charge in [0, 0.05) is 72.1 Å². The van der Waals surface area contributed by atoms with Gasteiger partial charge in [0.2, 0.25) is 0 Å². The number of benzene rings is 10. The minimum atomic E-state index is -0.831. The SMILES string of the molecule is CC(=O)c1cccc(O)c1.CC(C)(C)OC(=O)CBr.COc1cc(F)c(/C=C/C(=O)c2cccc(O)c2)cc1OC.COc1cc(F)c(C=O)cc1OC.COc1cc(F)c(CCC(=O)c2cccc(OCC(=O)OC(C)(C)C)c2)cc1OC.COc1cc(F)c(CCC(O)c2cccc(O)c2)cc1OC.COc1cc(F)c(CCC(O)c2cccc(OCC(=O)OC(C)(C)C)c2)cc1OC.NCCOCCOCCN. The lowest BCUT2D eigenvalue weighted by atomic mass is 10.0. The Morgan fingerprint density at radius 2 is 0.699 bits per heavy atom. The van der Waals surface area contributed by atoms with Gasteiger partial charge in [-0.15, -0.1) is 0 Å². The largest absolute Gasteiger partial charge is 0.508 e. The highest BCUT2D eigenvalue weighted by atomic mass is 79.9. The molecule has 31 nitrogen and oxygen atoms in total. The van der Waals surface area contributed by atoms with Crippen LogP contribution >= 0.6 is 15.9 Å². The molecule has 2 unspecified atom stereocenters. The maximum atomic E-state index is 14.3. The van der Waals surface area contributed by atoms with E-state index in [9.17, 15) is 75.9 Å². The van der Waals surface area contributed by atoms with Crippen LogP contribution in [0.15, 0.2) is 188 Å². The fraction of sp³-hybridized carbons (Fsp3) is 0.367. The predicted octanol–water partition coefficient (Wildman–Crippen LogP) is 19.2. The number of aliphatic hydroxyl groups is 2. The average molecular weight is 2110 g/mol. The number of alkyl halides is 1. The highest BCUT2D eigenvalue weighted by Gasteiger charge is 2.24. The zero-order valence-electron chi connectivity index (χ0n) is 85.8. The van der Waals surface area contributed by atoms with Crippen LogP contribution in [0.1, 0.15) is 176 Å². The number of rotatable bonds is 41. The van der Waals surface area contributed by atoms with Crippen LogP contribution in [-0.4, -0.2) is 213 Å². The van der Waals surface area contributed by atoms with E-state index in [4.69, 9.17) is 97.1 Å². The van der Waals surface area contributed by atoms with Crippen LogP contribution in [0.25, 0.3) is 6.08 Å². The highest BCUT2D eigenvalue weighted by molar-refractivity contribution is 9.09. The molecule has 0 heterocycles. The second-order valence-corrected chi connectivity index (χ2v) is 34.4. The summed E-state index contributed by atoms with van der Waals surface area (Å²) >= 11 is 2.99. The number of ketones is 3. The predicted molar refractivity (Wildman–Crippen MR) is 545 cm³/mol. The molecule has 0 amide bonds. The number of ether oxygens (including phenoxy) is 17. The number of esters is 3. The number of phenols is 3. The minimum Gasteiger partial charge on any atom is -0.508 e. The van der Waals surface area contributed by atoms with Gasteiger partial charge in [-0.2, -0.15) is 0 Å². The third kappa shape index (κ3) is 48.1. The molecule has 10 aromatic carbocycles. The number of aliphatic hydroxyl groups excluding tert-OH is 2. The number of aryl methyl sites for hydroxylation is 3. The van der Waals surface area contributed by atoms with Gasteiger partial charge in [-0.05, 0) is 232 Å². The quantitative estimate of drug-likeness (QED) is 0.00273. The molecule has 796 valence electrons. The van der Waals surface area contributed by atoms with Crippen molar-refractivity contribution in [2.45, 2.75) is 137 Å². The second-order valence-electron chi connectivity index (χ2n) is 33.8. The number of allylic oxidation sites excluding steroid dienone is 1. The summed E-state index contributed by atoms with van der Waals surface area (Å²) in [5, 5.41) is 48.6. The molecule has 0 bridgehead atoms. The molecule has 0 saturated carbocycles. The van der Waals surface area contributed by atoms with E-state index in [-0.39, 0.29) is 100 Å². The van der Waals surface area contributed by atoms with Gasteiger partial charge in [0.05, 0.1) is 115 Å². The summed E-state index contributed by atoms with van der Waals surface area (Å²) in [6, 6.07) is 45.5. The van der Waals surface area contributed by atoms with E-state index in [0.717, 1.165) is 6.07 Å². The van der Waals surface area contributed by atoms with Crippen molar-refractivity contribution in [3.63, 3.8) is 0 Å².